The van der Waals surface area contributed by atoms with Gasteiger partial charge in [-0.3, -0.25) is 9.36 Å². The molecule has 2 aromatic heterocycles. The Bertz CT molecular complexity index is 471. The molecule has 0 saturated heterocycles. The number of aryl methyl sites for hydroxylation is 2. The van der Waals surface area contributed by atoms with Crippen molar-refractivity contribution in [1.29, 1.82) is 0 Å². The van der Waals surface area contributed by atoms with E-state index >= 15 is 0 Å². The first-order valence-electron chi connectivity index (χ1n) is 5.94. The molecule has 0 saturated carbocycles. The lowest BCUT2D eigenvalue weighted by Crippen LogP contribution is -2.23. The number of rotatable bonds is 5. The number of nitrogens with zero attached hydrogens (tertiary/aromatic N) is 4. The lowest BCUT2D eigenvalue weighted by molar-refractivity contribution is 0.515. The van der Waals surface area contributed by atoms with Crippen LogP contribution in [0.15, 0.2) is 24.5 Å². The maximum Gasteiger partial charge on any atom is 0.0916 e. The molecule has 92 valence electrons. The minimum atomic E-state index is 0.136. The van der Waals surface area contributed by atoms with Gasteiger partial charge < -0.3 is 5.32 Å². The van der Waals surface area contributed by atoms with Gasteiger partial charge >= 0.3 is 0 Å². The minimum Gasteiger partial charge on any atom is -0.307 e. The third-order valence-electron chi connectivity index (χ3n) is 2.92. The van der Waals surface area contributed by atoms with E-state index in [1.807, 2.05) is 41.9 Å². The van der Waals surface area contributed by atoms with E-state index in [1.165, 1.54) is 5.69 Å². The zero-order valence-electron chi connectivity index (χ0n) is 10.6. The molecule has 0 fully saturated rings. The third kappa shape index (κ3) is 2.24. The van der Waals surface area contributed by atoms with Crippen LogP contribution in [0.25, 0.3) is 0 Å². The van der Waals surface area contributed by atoms with Crippen molar-refractivity contribution in [3.63, 3.8) is 0 Å². The molecule has 0 aliphatic rings. The lowest BCUT2D eigenvalue weighted by atomic mass is 10.1. The van der Waals surface area contributed by atoms with Crippen LogP contribution in [0.2, 0.25) is 0 Å². The first kappa shape index (κ1) is 11.9. The molecule has 1 N–H and O–H groups in total. The standard InChI is InChI=1S/C12H19N5/c1-4-9-17-11(6-8-15-17)12(13-2)10-5-7-14-16(10)3/h5-8,12-13H,4,9H2,1-3H3. The molecule has 17 heavy (non-hydrogen) atoms. The van der Waals surface area contributed by atoms with Gasteiger partial charge in [0.1, 0.15) is 0 Å². The summed E-state index contributed by atoms with van der Waals surface area (Å²) in [4.78, 5) is 0. The monoisotopic (exact) mass is 233 g/mol. The molecule has 0 aliphatic carbocycles. The SMILES string of the molecule is CCCn1nccc1C(NC)c1ccnn1C. The van der Waals surface area contributed by atoms with Crippen molar-refractivity contribution in [3.8, 4) is 0 Å². The van der Waals surface area contributed by atoms with Crippen molar-refractivity contribution in [3.05, 3.63) is 35.9 Å². The summed E-state index contributed by atoms with van der Waals surface area (Å²) in [6, 6.07) is 4.23. The Labute approximate surface area is 101 Å². The maximum absolute atomic E-state index is 4.36. The van der Waals surface area contributed by atoms with Crippen molar-refractivity contribution >= 4 is 0 Å². The zero-order chi connectivity index (χ0) is 12.3. The predicted molar refractivity (Wildman–Crippen MR) is 66.6 cm³/mol. The van der Waals surface area contributed by atoms with Crippen LogP contribution in [0.3, 0.4) is 0 Å². The van der Waals surface area contributed by atoms with E-state index < -0.39 is 0 Å². The molecule has 0 aromatic carbocycles. The van der Waals surface area contributed by atoms with Crippen molar-refractivity contribution < 1.29 is 0 Å². The Morgan fingerprint density at radius 1 is 1.24 bits per heavy atom. The number of nitrogens with one attached hydrogen (secondary N) is 1. The minimum absolute atomic E-state index is 0.136. The van der Waals surface area contributed by atoms with Crippen molar-refractivity contribution in [2.75, 3.05) is 7.05 Å². The maximum atomic E-state index is 4.36. The molecule has 2 heterocycles. The van der Waals surface area contributed by atoms with Crippen LogP contribution in [-0.2, 0) is 13.6 Å². The van der Waals surface area contributed by atoms with E-state index in [0.29, 0.717) is 0 Å². The van der Waals surface area contributed by atoms with Crippen molar-refractivity contribution in [2.45, 2.75) is 25.9 Å². The topological polar surface area (TPSA) is 47.7 Å². The Hall–Kier alpha value is -1.62. The second kappa shape index (κ2) is 5.14. The molecule has 2 aromatic rings. The van der Waals surface area contributed by atoms with E-state index in [4.69, 9.17) is 0 Å². The zero-order valence-corrected chi connectivity index (χ0v) is 10.6. The largest absolute Gasteiger partial charge is 0.307 e. The second-order valence-electron chi connectivity index (χ2n) is 4.08. The van der Waals surface area contributed by atoms with E-state index in [2.05, 4.69) is 28.5 Å². The molecule has 5 nitrogen and oxygen atoms in total. The fraction of sp³-hybridized carbons (Fsp3) is 0.500. The normalized spacial score (nSPS) is 12.9. The van der Waals surface area contributed by atoms with Gasteiger partial charge in [0.25, 0.3) is 0 Å². The molecule has 1 atom stereocenters. The van der Waals surface area contributed by atoms with Crippen LogP contribution in [0.1, 0.15) is 30.8 Å². The quantitative estimate of drug-likeness (QED) is 0.847. The molecular weight excluding hydrogens is 214 g/mol. The first-order chi connectivity index (χ1) is 8.27. The summed E-state index contributed by atoms with van der Waals surface area (Å²) in [5, 5.41) is 11.9. The van der Waals surface area contributed by atoms with Gasteiger partial charge in [0.15, 0.2) is 0 Å². The van der Waals surface area contributed by atoms with E-state index in [-0.39, 0.29) is 6.04 Å². The highest BCUT2D eigenvalue weighted by Gasteiger charge is 2.18. The third-order valence-corrected chi connectivity index (χ3v) is 2.92. The highest BCUT2D eigenvalue weighted by molar-refractivity contribution is 5.21. The van der Waals surface area contributed by atoms with Crippen LogP contribution < -0.4 is 5.32 Å². The average molecular weight is 233 g/mol. The van der Waals surface area contributed by atoms with E-state index in [0.717, 1.165) is 18.7 Å². The highest BCUT2D eigenvalue weighted by atomic mass is 15.3. The lowest BCUT2D eigenvalue weighted by Gasteiger charge is -2.18. The summed E-state index contributed by atoms with van der Waals surface area (Å²) in [7, 11) is 3.92. The highest BCUT2D eigenvalue weighted by Crippen LogP contribution is 2.20. The average Bonchev–Trinajstić information content (AvgIpc) is 2.92. The van der Waals surface area contributed by atoms with Gasteiger partial charge in [0.05, 0.1) is 17.4 Å². The fourth-order valence-corrected chi connectivity index (χ4v) is 2.10. The van der Waals surface area contributed by atoms with Crippen LogP contribution in [0, 0.1) is 0 Å². The van der Waals surface area contributed by atoms with Crippen molar-refractivity contribution in [2.24, 2.45) is 7.05 Å². The Balaban J connectivity index is 2.35. The molecule has 2 rings (SSSR count). The summed E-state index contributed by atoms with van der Waals surface area (Å²) in [6.07, 6.45) is 4.75. The molecule has 0 aliphatic heterocycles. The molecule has 1 unspecified atom stereocenters. The Morgan fingerprint density at radius 3 is 2.53 bits per heavy atom. The van der Waals surface area contributed by atoms with Gasteiger partial charge in [-0.1, -0.05) is 6.92 Å². The molecule has 0 spiro atoms. The number of aromatic nitrogens is 4. The molecular formula is C12H19N5. The molecule has 5 heteroatoms. The van der Waals surface area contributed by atoms with E-state index in [9.17, 15) is 0 Å². The Kier molecular flexibility index (Phi) is 3.58. The van der Waals surface area contributed by atoms with Crippen LogP contribution in [0.5, 0.6) is 0 Å². The predicted octanol–water partition coefficient (Wildman–Crippen LogP) is 1.34. The summed E-state index contributed by atoms with van der Waals surface area (Å²) in [5.41, 5.74) is 2.32. The Morgan fingerprint density at radius 2 is 1.94 bits per heavy atom. The summed E-state index contributed by atoms with van der Waals surface area (Å²) in [5.74, 6) is 0. The van der Waals surface area contributed by atoms with Crippen molar-refractivity contribution in [1.82, 2.24) is 24.9 Å². The number of hydrogen-bond donors (Lipinski definition) is 1. The van der Waals surface area contributed by atoms with Gasteiger partial charge in [0.2, 0.25) is 0 Å². The van der Waals surface area contributed by atoms with Gasteiger partial charge in [-0.25, -0.2) is 0 Å². The molecule has 0 amide bonds. The molecule has 0 bridgehead atoms. The van der Waals surface area contributed by atoms with Crippen LogP contribution >= 0.6 is 0 Å². The second-order valence-corrected chi connectivity index (χ2v) is 4.08. The smallest absolute Gasteiger partial charge is 0.0916 e. The van der Waals surface area contributed by atoms with Gasteiger partial charge in [-0.05, 0) is 25.6 Å². The number of hydrogen-bond acceptors (Lipinski definition) is 3. The van der Waals surface area contributed by atoms with Crippen LogP contribution in [-0.4, -0.2) is 26.6 Å². The van der Waals surface area contributed by atoms with Gasteiger partial charge in [-0.15, -0.1) is 0 Å². The van der Waals surface area contributed by atoms with E-state index in [1.54, 1.807) is 0 Å². The van der Waals surface area contributed by atoms with Gasteiger partial charge in [-0.2, -0.15) is 10.2 Å². The summed E-state index contributed by atoms with van der Waals surface area (Å²) >= 11 is 0. The first-order valence-corrected chi connectivity index (χ1v) is 5.94. The summed E-state index contributed by atoms with van der Waals surface area (Å²) < 4.78 is 3.94. The molecule has 0 radical (unpaired) electrons. The summed E-state index contributed by atoms with van der Waals surface area (Å²) in [6.45, 7) is 3.10. The fourth-order valence-electron chi connectivity index (χ4n) is 2.10. The van der Waals surface area contributed by atoms with Crippen LogP contribution in [0.4, 0.5) is 0 Å². The van der Waals surface area contributed by atoms with Gasteiger partial charge in [0, 0.05) is 26.0 Å².